The molecule has 1 aromatic carbocycles. The van der Waals surface area contributed by atoms with Crippen molar-refractivity contribution < 1.29 is 9.59 Å². The molecule has 8 heteroatoms. The fourth-order valence-electron chi connectivity index (χ4n) is 2.26. The number of carbonyl (C=O) groups is 2. The van der Waals surface area contributed by atoms with Crippen molar-refractivity contribution in [2.24, 2.45) is 0 Å². The van der Waals surface area contributed by atoms with E-state index in [4.69, 9.17) is 0 Å². The van der Waals surface area contributed by atoms with Crippen LogP contribution in [0.4, 0.5) is 10.5 Å². The molecule has 0 saturated heterocycles. The number of hydrogen-bond acceptors (Lipinski definition) is 4. The van der Waals surface area contributed by atoms with E-state index in [1.54, 1.807) is 32.0 Å². The second-order valence-corrected chi connectivity index (χ2v) is 6.26. The number of hydrogen-bond donors (Lipinski definition) is 4. The molecule has 4 N–H and O–H groups in total. The Morgan fingerprint density at radius 2 is 1.84 bits per heavy atom. The van der Waals surface area contributed by atoms with Gasteiger partial charge in [0.15, 0.2) is 5.82 Å². The number of amides is 3. The van der Waals surface area contributed by atoms with Gasteiger partial charge < -0.3 is 16.0 Å². The number of nitrogens with zero attached hydrogens (tertiary/aromatic N) is 2. The zero-order valence-corrected chi connectivity index (χ0v) is 15.1. The number of aromatic nitrogens is 3. The number of anilines is 1. The van der Waals surface area contributed by atoms with Crippen molar-refractivity contribution in [3.05, 3.63) is 41.0 Å². The summed E-state index contributed by atoms with van der Waals surface area (Å²) in [5.74, 6) is 1.07. The molecule has 8 nitrogen and oxygen atoms in total. The Bertz CT molecular complexity index is 768. The normalized spacial score (nSPS) is 11.9. The first-order valence-corrected chi connectivity index (χ1v) is 8.14. The number of aromatic amines is 1. The van der Waals surface area contributed by atoms with E-state index in [2.05, 4.69) is 31.1 Å². The van der Waals surface area contributed by atoms with E-state index in [1.165, 1.54) is 0 Å². The second kappa shape index (κ2) is 7.78. The molecular weight excluding hydrogens is 320 g/mol. The van der Waals surface area contributed by atoms with Crippen LogP contribution in [0, 0.1) is 13.8 Å². The summed E-state index contributed by atoms with van der Waals surface area (Å²) in [5.41, 5.74) is 1.99. The molecule has 2 rings (SSSR count). The van der Waals surface area contributed by atoms with Gasteiger partial charge in [-0.15, -0.1) is 0 Å². The highest BCUT2D eigenvalue weighted by Gasteiger charge is 2.15. The minimum Gasteiger partial charge on any atom is -0.350 e. The summed E-state index contributed by atoms with van der Waals surface area (Å²) in [6.45, 7) is 9.24. The maximum Gasteiger partial charge on any atom is 0.319 e. The fourth-order valence-corrected chi connectivity index (χ4v) is 2.26. The number of urea groups is 1. The molecule has 0 bridgehead atoms. The summed E-state index contributed by atoms with van der Waals surface area (Å²) in [6.07, 6.45) is 0. The summed E-state index contributed by atoms with van der Waals surface area (Å²) in [6, 6.07) is 4.51. The highest BCUT2D eigenvalue weighted by molar-refractivity contribution is 5.96. The maximum atomic E-state index is 12.2. The first-order chi connectivity index (χ1) is 11.8. The van der Waals surface area contributed by atoms with Crippen LogP contribution >= 0.6 is 0 Å². The van der Waals surface area contributed by atoms with Crippen LogP contribution in [0.25, 0.3) is 0 Å². The van der Waals surface area contributed by atoms with Gasteiger partial charge in [0.25, 0.3) is 5.91 Å². The molecular formula is C17H24N6O2. The third-order valence-corrected chi connectivity index (χ3v) is 3.51. The predicted octanol–water partition coefficient (Wildman–Crippen LogP) is 2.44. The van der Waals surface area contributed by atoms with Crippen molar-refractivity contribution in [2.75, 3.05) is 5.32 Å². The summed E-state index contributed by atoms with van der Waals surface area (Å²) in [7, 11) is 0. The number of carbonyl (C=O) groups excluding carboxylic acids is 2. The number of benzene rings is 1. The smallest absolute Gasteiger partial charge is 0.319 e. The maximum absolute atomic E-state index is 12.2. The van der Waals surface area contributed by atoms with Crippen molar-refractivity contribution in [3.8, 4) is 0 Å². The van der Waals surface area contributed by atoms with Crippen molar-refractivity contribution in [3.63, 3.8) is 0 Å². The van der Waals surface area contributed by atoms with Gasteiger partial charge in [-0.1, -0.05) is 0 Å². The van der Waals surface area contributed by atoms with Gasteiger partial charge in [0.2, 0.25) is 0 Å². The van der Waals surface area contributed by atoms with Gasteiger partial charge in [-0.2, -0.15) is 5.10 Å². The van der Waals surface area contributed by atoms with Crippen LogP contribution in [0.3, 0.4) is 0 Å². The van der Waals surface area contributed by atoms with Crippen LogP contribution in [-0.4, -0.2) is 33.2 Å². The molecule has 3 amide bonds. The molecule has 1 atom stereocenters. The zero-order valence-electron chi connectivity index (χ0n) is 15.1. The molecule has 0 spiro atoms. The fraction of sp³-hybridized carbons (Fsp3) is 0.412. The molecule has 25 heavy (non-hydrogen) atoms. The zero-order chi connectivity index (χ0) is 18.6. The summed E-state index contributed by atoms with van der Waals surface area (Å²) < 4.78 is 0. The quantitative estimate of drug-likeness (QED) is 0.667. The molecule has 0 fully saturated rings. The second-order valence-electron chi connectivity index (χ2n) is 6.26. The average Bonchev–Trinajstić information content (AvgIpc) is 2.95. The Morgan fingerprint density at radius 1 is 1.12 bits per heavy atom. The molecule has 0 saturated carbocycles. The van der Waals surface area contributed by atoms with Gasteiger partial charge >= 0.3 is 6.03 Å². The first-order valence-electron chi connectivity index (χ1n) is 8.14. The number of rotatable bonds is 5. The molecule has 0 unspecified atom stereocenters. The third kappa shape index (κ3) is 5.03. The van der Waals surface area contributed by atoms with Crippen LogP contribution < -0.4 is 16.0 Å². The van der Waals surface area contributed by atoms with Crippen LogP contribution in [0.15, 0.2) is 18.2 Å². The van der Waals surface area contributed by atoms with Gasteiger partial charge in [0, 0.05) is 17.3 Å². The Balaban J connectivity index is 2.00. The van der Waals surface area contributed by atoms with Gasteiger partial charge in [-0.3, -0.25) is 9.89 Å². The van der Waals surface area contributed by atoms with E-state index in [0.717, 1.165) is 5.56 Å². The SMILES string of the molecule is Cc1nc([C@@H](C)NC(=O)Nc2ccc(C(=O)NC(C)C)cc2C)n[nH]1. The van der Waals surface area contributed by atoms with E-state index in [0.29, 0.717) is 22.9 Å². The molecule has 1 heterocycles. The van der Waals surface area contributed by atoms with E-state index in [-0.39, 0.29) is 24.0 Å². The highest BCUT2D eigenvalue weighted by atomic mass is 16.2. The Kier molecular flexibility index (Phi) is 5.74. The van der Waals surface area contributed by atoms with Crippen molar-refractivity contribution in [1.29, 1.82) is 0 Å². The van der Waals surface area contributed by atoms with Crippen LogP contribution in [0.5, 0.6) is 0 Å². The van der Waals surface area contributed by atoms with Gasteiger partial charge in [-0.05, 0) is 58.4 Å². The summed E-state index contributed by atoms with van der Waals surface area (Å²) >= 11 is 0. The average molecular weight is 344 g/mol. The molecule has 134 valence electrons. The van der Waals surface area contributed by atoms with Crippen molar-refractivity contribution in [1.82, 2.24) is 25.8 Å². The summed E-state index contributed by atoms with van der Waals surface area (Å²) in [5, 5.41) is 15.2. The lowest BCUT2D eigenvalue weighted by atomic mass is 10.1. The molecule has 2 aromatic rings. The van der Waals surface area contributed by atoms with Gasteiger partial charge in [0.05, 0.1) is 6.04 Å². The summed E-state index contributed by atoms with van der Waals surface area (Å²) in [4.78, 5) is 28.4. The molecule has 0 aliphatic rings. The molecule has 0 aliphatic heterocycles. The van der Waals surface area contributed by atoms with Crippen molar-refractivity contribution >= 4 is 17.6 Å². The standard InChI is InChI=1S/C17H24N6O2/c1-9(2)18-16(24)13-6-7-14(10(3)8-13)21-17(25)19-11(4)15-20-12(5)22-23-15/h6-9,11H,1-5H3,(H,18,24)(H2,19,21,25)(H,20,22,23)/t11-/m1/s1. The lowest BCUT2D eigenvalue weighted by Crippen LogP contribution is -2.32. The van der Waals surface area contributed by atoms with E-state index in [9.17, 15) is 9.59 Å². The molecule has 0 aliphatic carbocycles. The Labute approximate surface area is 146 Å². The Morgan fingerprint density at radius 3 is 2.40 bits per heavy atom. The Hall–Kier alpha value is -2.90. The van der Waals surface area contributed by atoms with Gasteiger partial charge in [0.1, 0.15) is 5.82 Å². The molecule has 1 aromatic heterocycles. The largest absolute Gasteiger partial charge is 0.350 e. The lowest BCUT2D eigenvalue weighted by Gasteiger charge is -2.14. The predicted molar refractivity (Wildman–Crippen MR) is 95.5 cm³/mol. The topological polar surface area (TPSA) is 112 Å². The lowest BCUT2D eigenvalue weighted by molar-refractivity contribution is 0.0943. The minimum atomic E-state index is -0.363. The molecule has 0 radical (unpaired) electrons. The monoisotopic (exact) mass is 344 g/mol. The van der Waals surface area contributed by atoms with E-state index < -0.39 is 0 Å². The van der Waals surface area contributed by atoms with Gasteiger partial charge in [-0.25, -0.2) is 9.78 Å². The number of aryl methyl sites for hydroxylation is 2. The van der Waals surface area contributed by atoms with Crippen LogP contribution in [0.2, 0.25) is 0 Å². The first kappa shape index (κ1) is 18.4. The number of H-pyrrole nitrogens is 1. The number of nitrogens with one attached hydrogen (secondary N) is 4. The van der Waals surface area contributed by atoms with Crippen LogP contribution in [0.1, 0.15) is 54.4 Å². The highest BCUT2D eigenvalue weighted by Crippen LogP contribution is 2.17. The van der Waals surface area contributed by atoms with Crippen LogP contribution in [-0.2, 0) is 0 Å². The third-order valence-electron chi connectivity index (χ3n) is 3.51. The minimum absolute atomic E-state index is 0.0668. The van der Waals surface area contributed by atoms with Crippen molar-refractivity contribution in [2.45, 2.75) is 46.7 Å². The van der Waals surface area contributed by atoms with E-state index in [1.807, 2.05) is 20.8 Å². The van der Waals surface area contributed by atoms with E-state index >= 15 is 0 Å².